The molecule has 150 valence electrons. The minimum Gasteiger partial charge on any atom is -0.394 e. The second-order valence-corrected chi connectivity index (χ2v) is 9.94. The summed E-state index contributed by atoms with van der Waals surface area (Å²) in [4.78, 5) is 31.2. The molecule has 0 radical (unpaired) electrons. The Balaban J connectivity index is 1.62. The molecule has 0 saturated heterocycles. The highest BCUT2D eigenvalue weighted by atomic mass is 16.6. The third-order valence-electron chi connectivity index (χ3n) is 8.82. The molecular weight excluding hydrogens is 340 g/mol. The molecule has 0 spiro atoms. The van der Waals surface area contributed by atoms with Crippen LogP contribution in [0.3, 0.4) is 0 Å². The van der Waals surface area contributed by atoms with Gasteiger partial charge in [0.25, 0.3) is 0 Å². The van der Waals surface area contributed by atoms with Crippen LogP contribution in [0.4, 0.5) is 0 Å². The smallest absolute Gasteiger partial charge is 0.139 e. The summed E-state index contributed by atoms with van der Waals surface area (Å²) in [5.41, 5.74) is 6.37. The summed E-state index contributed by atoms with van der Waals surface area (Å²) in [5.74, 6) is 2.35. The second-order valence-electron chi connectivity index (χ2n) is 9.94. The summed E-state index contributed by atoms with van der Waals surface area (Å²) in [5, 5.41) is 4.33. The lowest BCUT2D eigenvalue weighted by atomic mass is 9.43. The number of carbonyl (C=O) groups is 2. The van der Waals surface area contributed by atoms with Crippen molar-refractivity contribution in [2.75, 3.05) is 13.2 Å². The van der Waals surface area contributed by atoms with Crippen molar-refractivity contribution < 1.29 is 14.4 Å². The van der Waals surface area contributed by atoms with Gasteiger partial charge in [-0.1, -0.05) is 25.9 Å². The standard InChI is InChI=1S/C22H34N2O3/c1-13-17(24-27-11-10-23)7-9-22(3)16-6-8-21(2)15(4-5-19(21)26)14(16)12-18(25)20(13)22/h13-16,20H,4-12,23H2,1-3H3/b24-17+/t13-,14?,15+,16?,20-,21+,22-/m1/s1. The average molecular weight is 375 g/mol. The highest BCUT2D eigenvalue weighted by molar-refractivity contribution is 5.95. The fourth-order valence-electron chi connectivity index (χ4n) is 7.44. The van der Waals surface area contributed by atoms with Gasteiger partial charge < -0.3 is 10.6 Å². The minimum atomic E-state index is -0.173. The van der Waals surface area contributed by atoms with Crippen LogP contribution in [-0.2, 0) is 14.4 Å². The van der Waals surface area contributed by atoms with Gasteiger partial charge in [-0.25, -0.2) is 0 Å². The van der Waals surface area contributed by atoms with Crippen molar-refractivity contribution in [1.82, 2.24) is 0 Å². The van der Waals surface area contributed by atoms with Crippen molar-refractivity contribution in [3.05, 3.63) is 0 Å². The van der Waals surface area contributed by atoms with Crippen LogP contribution in [0.1, 0.15) is 65.7 Å². The number of hydrogen-bond donors (Lipinski definition) is 1. The molecule has 0 aromatic rings. The predicted octanol–water partition coefficient (Wildman–Crippen LogP) is 3.35. The van der Waals surface area contributed by atoms with Crippen LogP contribution in [0, 0.1) is 40.4 Å². The molecule has 2 unspecified atom stereocenters. The maximum atomic E-state index is 13.3. The van der Waals surface area contributed by atoms with Gasteiger partial charge in [0.15, 0.2) is 0 Å². The van der Waals surface area contributed by atoms with E-state index in [1.54, 1.807) is 0 Å². The van der Waals surface area contributed by atoms with Gasteiger partial charge in [0.2, 0.25) is 0 Å². The fourth-order valence-corrected chi connectivity index (χ4v) is 7.44. The Hall–Kier alpha value is -1.23. The maximum absolute atomic E-state index is 13.3. The SMILES string of the molecule is C[C@@H]1/C(=N/OCCN)CC[C@]2(C)C3CC[C@]4(C)C(=O)CC[C@H]4C3CC(=O)[C@@H]12. The number of rotatable bonds is 3. The van der Waals surface area contributed by atoms with Crippen LogP contribution in [0.5, 0.6) is 0 Å². The summed E-state index contributed by atoms with van der Waals surface area (Å²) in [6.07, 6.45) is 6.34. The molecule has 0 aliphatic heterocycles. The number of ketones is 2. The predicted molar refractivity (Wildman–Crippen MR) is 104 cm³/mol. The van der Waals surface area contributed by atoms with Gasteiger partial charge in [-0.15, -0.1) is 0 Å². The van der Waals surface area contributed by atoms with Gasteiger partial charge in [-0.05, 0) is 55.3 Å². The topological polar surface area (TPSA) is 81.8 Å². The molecule has 4 saturated carbocycles. The van der Waals surface area contributed by atoms with Crippen LogP contribution in [0.15, 0.2) is 5.16 Å². The van der Waals surface area contributed by atoms with Gasteiger partial charge in [0.1, 0.15) is 18.2 Å². The molecule has 0 aromatic heterocycles. The first-order valence-corrected chi connectivity index (χ1v) is 10.8. The molecule has 4 aliphatic rings. The molecule has 27 heavy (non-hydrogen) atoms. The van der Waals surface area contributed by atoms with Gasteiger partial charge in [0.05, 0.1) is 5.71 Å². The van der Waals surface area contributed by atoms with Gasteiger partial charge in [-0.2, -0.15) is 0 Å². The van der Waals surface area contributed by atoms with E-state index in [1.165, 1.54) is 0 Å². The molecule has 5 heteroatoms. The van der Waals surface area contributed by atoms with Crippen molar-refractivity contribution in [2.24, 2.45) is 51.3 Å². The van der Waals surface area contributed by atoms with Crippen LogP contribution < -0.4 is 5.73 Å². The van der Waals surface area contributed by atoms with E-state index in [4.69, 9.17) is 10.6 Å². The van der Waals surface area contributed by atoms with Crippen LogP contribution in [-0.4, -0.2) is 30.4 Å². The molecule has 4 aliphatic carbocycles. The number of nitrogens with zero attached hydrogens (tertiary/aromatic N) is 1. The highest BCUT2D eigenvalue weighted by Crippen LogP contribution is 2.65. The zero-order valence-corrected chi connectivity index (χ0v) is 17.0. The Kier molecular flexibility index (Phi) is 4.73. The Morgan fingerprint density at radius 2 is 1.93 bits per heavy atom. The lowest BCUT2D eigenvalue weighted by Crippen LogP contribution is -2.58. The Labute approximate surface area is 162 Å². The van der Waals surface area contributed by atoms with Gasteiger partial charge in [0, 0.05) is 36.6 Å². The van der Waals surface area contributed by atoms with E-state index in [1.807, 2.05) is 0 Å². The zero-order valence-electron chi connectivity index (χ0n) is 17.0. The lowest BCUT2D eigenvalue weighted by Gasteiger charge is -2.59. The first kappa shape index (κ1) is 19.1. The normalized spacial score (nSPS) is 48.1. The maximum Gasteiger partial charge on any atom is 0.139 e. The van der Waals surface area contributed by atoms with Crippen molar-refractivity contribution in [2.45, 2.75) is 65.7 Å². The molecule has 0 bridgehead atoms. The molecule has 7 atom stereocenters. The Morgan fingerprint density at radius 3 is 2.67 bits per heavy atom. The summed E-state index contributed by atoms with van der Waals surface area (Å²) < 4.78 is 0. The van der Waals surface area contributed by atoms with Crippen molar-refractivity contribution >= 4 is 17.3 Å². The molecule has 0 heterocycles. The monoisotopic (exact) mass is 374 g/mol. The molecule has 4 fully saturated rings. The van der Waals surface area contributed by atoms with E-state index in [-0.39, 0.29) is 22.7 Å². The summed E-state index contributed by atoms with van der Waals surface area (Å²) in [6.45, 7) is 7.54. The zero-order chi connectivity index (χ0) is 19.4. The van der Waals surface area contributed by atoms with Crippen LogP contribution in [0.25, 0.3) is 0 Å². The van der Waals surface area contributed by atoms with Crippen molar-refractivity contribution in [1.29, 1.82) is 0 Å². The van der Waals surface area contributed by atoms with E-state index >= 15 is 0 Å². The van der Waals surface area contributed by atoms with Crippen molar-refractivity contribution in [3.8, 4) is 0 Å². The van der Waals surface area contributed by atoms with Gasteiger partial charge >= 0.3 is 0 Å². The first-order chi connectivity index (χ1) is 12.8. The fraction of sp³-hybridized carbons (Fsp3) is 0.864. The van der Waals surface area contributed by atoms with E-state index < -0.39 is 0 Å². The highest BCUT2D eigenvalue weighted by Gasteiger charge is 2.63. The van der Waals surface area contributed by atoms with Crippen molar-refractivity contribution in [3.63, 3.8) is 0 Å². The number of nitrogens with two attached hydrogens (primary N) is 1. The summed E-state index contributed by atoms with van der Waals surface area (Å²) in [6, 6.07) is 0. The number of Topliss-reactive ketones (excluding diaryl/α,β-unsaturated/α-hetero) is 2. The lowest BCUT2D eigenvalue weighted by molar-refractivity contribution is -0.155. The molecule has 0 amide bonds. The molecular formula is C22H34N2O3. The molecule has 5 nitrogen and oxygen atoms in total. The number of oxime groups is 1. The summed E-state index contributed by atoms with van der Waals surface area (Å²) in [7, 11) is 0. The second kappa shape index (κ2) is 6.68. The average Bonchev–Trinajstić information content (AvgIpc) is 2.92. The van der Waals surface area contributed by atoms with E-state index in [9.17, 15) is 9.59 Å². The number of carbonyl (C=O) groups excluding carboxylic acids is 2. The Morgan fingerprint density at radius 1 is 1.15 bits per heavy atom. The first-order valence-electron chi connectivity index (χ1n) is 10.8. The van der Waals surface area contributed by atoms with Crippen LogP contribution in [0.2, 0.25) is 0 Å². The van der Waals surface area contributed by atoms with E-state index in [0.717, 1.165) is 37.8 Å². The molecule has 0 aromatic carbocycles. The minimum absolute atomic E-state index is 0.0271. The summed E-state index contributed by atoms with van der Waals surface area (Å²) >= 11 is 0. The molecule has 2 N–H and O–H groups in total. The largest absolute Gasteiger partial charge is 0.394 e. The van der Waals surface area contributed by atoms with Crippen LogP contribution >= 0.6 is 0 Å². The van der Waals surface area contributed by atoms with E-state index in [0.29, 0.717) is 55.3 Å². The quantitative estimate of drug-likeness (QED) is 0.607. The van der Waals surface area contributed by atoms with Gasteiger partial charge in [-0.3, -0.25) is 9.59 Å². The third-order valence-corrected chi connectivity index (χ3v) is 8.82. The number of fused-ring (bicyclic) bond motifs is 5. The van der Waals surface area contributed by atoms with E-state index in [2.05, 4.69) is 25.9 Å². The number of hydrogen-bond acceptors (Lipinski definition) is 5. The third kappa shape index (κ3) is 2.72. The Bertz CT molecular complexity index is 674. The molecule has 4 rings (SSSR count).